The molecule has 6 heteroatoms. The zero-order valence-electron chi connectivity index (χ0n) is 10.9. The van der Waals surface area contributed by atoms with Crippen molar-refractivity contribution in [2.24, 2.45) is 10.2 Å². The average Bonchev–Trinajstić information content (AvgIpc) is 2.47. The Balaban J connectivity index is 2.29. The van der Waals surface area contributed by atoms with Gasteiger partial charge >= 0.3 is 0 Å². The van der Waals surface area contributed by atoms with Crippen LogP contribution in [0.3, 0.4) is 0 Å². The van der Waals surface area contributed by atoms with Gasteiger partial charge in [0.05, 0.1) is 19.9 Å². The van der Waals surface area contributed by atoms with Gasteiger partial charge in [0.1, 0.15) is 11.5 Å². The number of azo groups is 1. The molecular weight excluding hydrogens is 266 g/mol. The smallest absolute Gasteiger partial charge is 0.162 e. The Labute approximate surface area is 114 Å². The summed E-state index contributed by atoms with van der Waals surface area (Å²) < 4.78 is 36.5. The highest BCUT2D eigenvalue weighted by molar-refractivity contribution is 5.51. The van der Waals surface area contributed by atoms with Crippen LogP contribution in [-0.4, -0.2) is 14.2 Å². The highest BCUT2D eigenvalue weighted by Gasteiger charge is 2.05. The number of halogens is 2. The van der Waals surface area contributed by atoms with Gasteiger partial charge in [-0.05, 0) is 24.3 Å². The quantitative estimate of drug-likeness (QED) is 0.778. The van der Waals surface area contributed by atoms with E-state index < -0.39 is 11.6 Å². The molecule has 0 unspecified atom stereocenters. The molecule has 0 amide bonds. The summed E-state index contributed by atoms with van der Waals surface area (Å²) in [4.78, 5) is 0. The SMILES string of the molecule is COc1ccc(N=Nc2cc(F)ccc2F)cc1OC. The van der Waals surface area contributed by atoms with Gasteiger partial charge in [0, 0.05) is 12.1 Å². The first kappa shape index (κ1) is 13.9. The lowest BCUT2D eigenvalue weighted by molar-refractivity contribution is 0.355. The third-order valence-corrected chi connectivity index (χ3v) is 2.55. The number of methoxy groups -OCH3 is 2. The lowest BCUT2D eigenvalue weighted by atomic mass is 10.3. The van der Waals surface area contributed by atoms with Crippen molar-refractivity contribution in [1.29, 1.82) is 0 Å². The van der Waals surface area contributed by atoms with Crippen molar-refractivity contribution in [3.8, 4) is 11.5 Å². The molecule has 0 spiro atoms. The lowest BCUT2D eigenvalue weighted by Gasteiger charge is -2.06. The summed E-state index contributed by atoms with van der Waals surface area (Å²) in [6, 6.07) is 7.85. The topological polar surface area (TPSA) is 43.2 Å². The molecule has 0 aliphatic carbocycles. The Bertz CT molecular complexity index is 645. The maximum Gasteiger partial charge on any atom is 0.162 e. The summed E-state index contributed by atoms with van der Waals surface area (Å²) in [5.41, 5.74) is 0.270. The number of benzene rings is 2. The third-order valence-electron chi connectivity index (χ3n) is 2.55. The zero-order valence-corrected chi connectivity index (χ0v) is 10.9. The molecule has 0 fully saturated rings. The molecule has 0 radical (unpaired) electrons. The lowest BCUT2D eigenvalue weighted by Crippen LogP contribution is -1.89. The predicted octanol–water partition coefficient (Wildman–Crippen LogP) is 4.40. The Morgan fingerprint density at radius 1 is 0.850 bits per heavy atom. The molecule has 0 atom stereocenters. The molecule has 0 saturated heterocycles. The first-order valence-corrected chi connectivity index (χ1v) is 5.73. The van der Waals surface area contributed by atoms with E-state index in [4.69, 9.17) is 9.47 Å². The predicted molar refractivity (Wildman–Crippen MR) is 70.1 cm³/mol. The maximum absolute atomic E-state index is 13.4. The molecular formula is C14H12F2N2O2. The minimum atomic E-state index is -0.643. The Morgan fingerprint density at radius 2 is 1.60 bits per heavy atom. The fourth-order valence-electron chi connectivity index (χ4n) is 1.56. The highest BCUT2D eigenvalue weighted by Crippen LogP contribution is 2.32. The van der Waals surface area contributed by atoms with Gasteiger partial charge in [-0.2, -0.15) is 5.11 Å². The van der Waals surface area contributed by atoms with E-state index in [-0.39, 0.29) is 5.69 Å². The van der Waals surface area contributed by atoms with E-state index in [2.05, 4.69) is 10.2 Å². The van der Waals surface area contributed by atoms with Gasteiger partial charge in [-0.3, -0.25) is 0 Å². The van der Waals surface area contributed by atoms with Gasteiger partial charge in [0.25, 0.3) is 0 Å². The minimum Gasteiger partial charge on any atom is -0.493 e. The van der Waals surface area contributed by atoms with Crippen LogP contribution in [0.5, 0.6) is 11.5 Å². The van der Waals surface area contributed by atoms with Crippen molar-refractivity contribution in [3.05, 3.63) is 48.0 Å². The average molecular weight is 278 g/mol. The molecule has 0 heterocycles. The molecule has 2 rings (SSSR count). The molecule has 2 aromatic carbocycles. The van der Waals surface area contributed by atoms with Crippen molar-refractivity contribution in [3.63, 3.8) is 0 Å². The number of rotatable bonds is 4. The Kier molecular flexibility index (Phi) is 4.24. The van der Waals surface area contributed by atoms with Crippen molar-refractivity contribution in [2.45, 2.75) is 0 Å². The fraction of sp³-hybridized carbons (Fsp3) is 0.143. The third kappa shape index (κ3) is 3.09. The summed E-state index contributed by atoms with van der Waals surface area (Å²) in [6.07, 6.45) is 0. The van der Waals surface area contributed by atoms with E-state index in [0.29, 0.717) is 17.2 Å². The van der Waals surface area contributed by atoms with Crippen molar-refractivity contribution in [2.75, 3.05) is 14.2 Å². The molecule has 20 heavy (non-hydrogen) atoms. The standard InChI is InChI=1S/C14H12F2N2O2/c1-19-13-6-4-10(8-14(13)20-2)17-18-12-7-9(15)3-5-11(12)16/h3-8H,1-2H3. The summed E-state index contributed by atoms with van der Waals surface area (Å²) in [5, 5.41) is 7.53. The van der Waals surface area contributed by atoms with Crippen LogP contribution in [0.4, 0.5) is 20.2 Å². The first-order chi connectivity index (χ1) is 9.63. The van der Waals surface area contributed by atoms with Gasteiger partial charge in [0.15, 0.2) is 17.3 Å². The van der Waals surface area contributed by atoms with Crippen LogP contribution in [0.2, 0.25) is 0 Å². The van der Waals surface area contributed by atoms with Gasteiger partial charge < -0.3 is 9.47 Å². The second kappa shape index (κ2) is 6.10. The van der Waals surface area contributed by atoms with Crippen LogP contribution in [0, 0.1) is 11.6 Å². The van der Waals surface area contributed by atoms with Crippen LogP contribution < -0.4 is 9.47 Å². The van der Waals surface area contributed by atoms with Crippen LogP contribution in [0.1, 0.15) is 0 Å². The number of hydrogen-bond donors (Lipinski definition) is 0. The molecule has 0 aromatic heterocycles. The number of hydrogen-bond acceptors (Lipinski definition) is 4. The molecule has 0 saturated carbocycles. The van der Waals surface area contributed by atoms with Gasteiger partial charge in [-0.15, -0.1) is 5.11 Å². The normalized spacial score (nSPS) is 10.8. The maximum atomic E-state index is 13.4. The van der Waals surface area contributed by atoms with E-state index >= 15 is 0 Å². The number of nitrogens with zero attached hydrogens (tertiary/aromatic N) is 2. The summed E-state index contributed by atoms with van der Waals surface area (Å²) >= 11 is 0. The molecule has 0 N–H and O–H groups in total. The summed E-state index contributed by atoms with van der Waals surface area (Å²) in [7, 11) is 3.01. The van der Waals surface area contributed by atoms with Crippen molar-refractivity contribution >= 4 is 11.4 Å². The fourth-order valence-corrected chi connectivity index (χ4v) is 1.56. The molecule has 2 aromatic rings. The highest BCUT2D eigenvalue weighted by atomic mass is 19.1. The van der Waals surface area contributed by atoms with Crippen LogP contribution in [0.25, 0.3) is 0 Å². The van der Waals surface area contributed by atoms with Crippen molar-refractivity contribution < 1.29 is 18.3 Å². The largest absolute Gasteiger partial charge is 0.493 e. The monoisotopic (exact) mass is 278 g/mol. The number of ether oxygens (including phenoxy) is 2. The van der Waals surface area contributed by atoms with Crippen LogP contribution >= 0.6 is 0 Å². The Morgan fingerprint density at radius 3 is 2.30 bits per heavy atom. The van der Waals surface area contributed by atoms with Gasteiger partial charge in [-0.25, -0.2) is 8.78 Å². The summed E-state index contributed by atoms with van der Waals surface area (Å²) in [5.74, 6) is -0.199. The van der Waals surface area contributed by atoms with Crippen molar-refractivity contribution in [1.82, 2.24) is 0 Å². The first-order valence-electron chi connectivity index (χ1n) is 5.73. The van der Waals surface area contributed by atoms with E-state index in [1.54, 1.807) is 18.2 Å². The van der Waals surface area contributed by atoms with E-state index in [1.165, 1.54) is 14.2 Å². The summed E-state index contributed by atoms with van der Waals surface area (Å²) in [6.45, 7) is 0. The second-order valence-corrected chi connectivity index (χ2v) is 3.84. The van der Waals surface area contributed by atoms with E-state index in [0.717, 1.165) is 18.2 Å². The minimum absolute atomic E-state index is 0.167. The van der Waals surface area contributed by atoms with Crippen LogP contribution in [0.15, 0.2) is 46.6 Å². The molecule has 0 bridgehead atoms. The van der Waals surface area contributed by atoms with Gasteiger partial charge in [-0.1, -0.05) is 0 Å². The zero-order chi connectivity index (χ0) is 14.5. The molecule has 4 nitrogen and oxygen atoms in total. The Hall–Kier alpha value is -2.50. The van der Waals surface area contributed by atoms with Crippen LogP contribution in [-0.2, 0) is 0 Å². The molecule has 104 valence electrons. The molecule has 0 aliphatic heterocycles. The molecule has 0 aliphatic rings. The van der Waals surface area contributed by atoms with E-state index in [9.17, 15) is 8.78 Å². The van der Waals surface area contributed by atoms with Gasteiger partial charge in [0.2, 0.25) is 0 Å². The van der Waals surface area contributed by atoms with E-state index in [1.807, 2.05) is 0 Å². The second-order valence-electron chi connectivity index (χ2n) is 3.84.